The molecule has 0 unspecified atom stereocenters. The number of aryl methyl sites for hydroxylation is 1. The molecule has 1 N–H and O–H groups in total. The van der Waals surface area contributed by atoms with E-state index in [2.05, 4.69) is 5.32 Å². The first-order valence-electron chi connectivity index (χ1n) is 5.70. The molecule has 2 rings (SSSR count). The Hall–Kier alpha value is -1.68. The summed E-state index contributed by atoms with van der Waals surface area (Å²) in [5, 5.41) is 2.85. The predicted molar refractivity (Wildman–Crippen MR) is 71.0 cm³/mol. The number of nitrogens with one attached hydrogen (secondary N) is 1. The summed E-state index contributed by atoms with van der Waals surface area (Å²) in [6.07, 6.45) is 0.282. The van der Waals surface area contributed by atoms with E-state index >= 15 is 0 Å². The monoisotopic (exact) mass is 263 g/mol. The molecule has 0 saturated carbocycles. The molecule has 1 aromatic heterocycles. The number of hydrogen-bond acceptors (Lipinski definition) is 2. The Labute approximate surface area is 109 Å². The van der Waals surface area contributed by atoms with Gasteiger partial charge in [0.05, 0.1) is 13.0 Å². The normalized spacial score (nSPS) is 10.3. The highest BCUT2D eigenvalue weighted by atomic mass is 32.1. The second kappa shape index (κ2) is 5.78. The maximum absolute atomic E-state index is 12.7. The van der Waals surface area contributed by atoms with Crippen LogP contribution in [0.5, 0.6) is 0 Å². The van der Waals surface area contributed by atoms with E-state index < -0.39 is 0 Å². The minimum absolute atomic E-state index is 0.0485. The molecule has 0 bridgehead atoms. The van der Waals surface area contributed by atoms with Crippen LogP contribution >= 0.6 is 11.3 Å². The van der Waals surface area contributed by atoms with Crippen molar-refractivity contribution in [2.75, 3.05) is 0 Å². The number of hydrogen-bond donors (Lipinski definition) is 1. The van der Waals surface area contributed by atoms with Crippen LogP contribution in [0.4, 0.5) is 4.39 Å². The lowest BCUT2D eigenvalue weighted by molar-refractivity contribution is -0.120. The molecule has 1 amide bonds. The zero-order chi connectivity index (χ0) is 13.0. The molecule has 4 heteroatoms. The topological polar surface area (TPSA) is 29.1 Å². The maximum Gasteiger partial charge on any atom is 0.224 e. The lowest BCUT2D eigenvalue weighted by Crippen LogP contribution is -2.24. The molecule has 0 fully saturated rings. The van der Waals surface area contributed by atoms with Gasteiger partial charge in [-0.1, -0.05) is 12.1 Å². The summed E-state index contributed by atoms with van der Waals surface area (Å²) in [6.45, 7) is 2.59. The second-order valence-electron chi connectivity index (χ2n) is 4.09. The molecule has 1 heterocycles. The Morgan fingerprint density at radius 3 is 2.56 bits per heavy atom. The molecule has 0 radical (unpaired) electrons. The first-order chi connectivity index (χ1) is 8.63. The summed E-state index contributed by atoms with van der Waals surface area (Å²) < 4.78 is 12.7. The molecular formula is C14H14FNOS. The lowest BCUT2D eigenvalue weighted by Gasteiger charge is -2.03. The van der Waals surface area contributed by atoms with Crippen LogP contribution in [0.25, 0.3) is 0 Å². The largest absolute Gasteiger partial charge is 0.351 e. The Kier molecular flexibility index (Phi) is 4.10. The second-order valence-corrected chi connectivity index (χ2v) is 5.46. The van der Waals surface area contributed by atoms with Gasteiger partial charge in [-0.25, -0.2) is 4.39 Å². The average molecular weight is 263 g/mol. The van der Waals surface area contributed by atoms with Gasteiger partial charge in [0.2, 0.25) is 5.91 Å². The van der Waals surface area contributed by atoms with Crippen LogP contribution in [0.2, 0.25) is 0 Å². The highest BCUT2D eigenvalue weighted by Crippen LogP contribution is 2.14. The van der Waals surface area contributed by atoms with Crippen molar-refractivity contribution in [3.05, 3.63) is 57.5 Å². The number of amides is 1. The molecule has 94 valence electrons. The van der Waals surface area contributed by atoms with Gasteiger partial charge < -0.3 is 5.32 Å². The van der Waals surface area contributed by atoms with Gasteiger partial charge in [-0.05, 0) is 36.8 Å². The van der Waals surface area contributed by atoms with E-state index in [0.717, 1.165) is 10.4 Å². The van der Waals surface area contributed by atoms with Gasteiger partial charge in [-0.3, -0.25) is 4.79 Å². The van der Waals surface area contributed by atoms with Crippen LogP contribution in [0.1, 0.15) is 15.3 Å². The zero-order valence-corrected chi connectivity index (χ0v) is 10.9. The van der Waals surface area contributed by atoms with Gasteiger partial charge in [0.25, 0.3) is 0 Å². The lowest BCUT2D eigenvalue weighted by atomic mass is 10.1. The first kappa shape index (κ1) is 12.8. The van der Waals surface area contributed by atoms with Crippen molar-refractivity contribution in [2.45, 2.75) is 19.9 Å². The summed E-state index contributed by atoms with van der Waals surface area (Å²) in [6, 6.07) is 10.0. The quantitative estimate of drug-likeness (QED) is 0.902. The van der Waals surface area contributed by atoms with E-state index in [4.69, 9.17) is 0 Å². The zero-order valence-electron chi connectivity index (χ0n) is 10.1. The van der Waals surface area contributed by atoms with Crippen molar-refractivity contribution < 1.29 is 9.18 Å². The standard InChI is InChI=1S/C14H14FNOS/c1-10-2-7-13(18-10)9-16-14(17)8-11-3-5-12(15)6-4-11/h2-7H,8-9H2,1H3,(H,16,17). The number of thiophene rings is 1. The molecule has 1 aromatic carbocycles. The predicted octanol–water partition coefficient (Wildman–Crippen LogP) is 3.05. The highest BCUT2D eigenvalue weighted by molar-refractivity contribution is 7.11. The summed E-state index contributed by atoms with van der Waals surface area (Å²) in [5.74, 6) is -0.333. The summed E-state index contributed by atoms with van der Waals surface area (Å²) >= 11 is 1.67. The molecule has 18 heavy (non-hydrogen) atoms. The van der Waals surface area contributed by atoms with Gasteiger partial charge in [-0.2, -0.15) is 0 Å². The minimum atomic E-state index is -0.284. The fraction of sp³-hybridized carbons (Fsp3) is 0.214. The Bertz CT molecular complexity index is 533. The van der Waals surface area contributed by atoms with Gasteiger partial charge >= 0.3 is 0 Å². The molecule has 0 saturated heterocycles. The van der Waals surface area contributed by atoms with E-state index in [-0.39, 0.29) is 18.1 Å². The first-order valence-corrected chi connectivity index (χ1v) is 6.51. The summed E-state index contributed by atoms with van der Waals surface area (Å²) in [5.41, 5.74) is 0.816. The van der Waals surface area contributed by atoms with Crippen molar-refractivity contribution in [1.82, 2.24) is 5.32 Å². The maximum atomic E-state index is 12.7. The van der Waals surface area contributed by atoms with Crippen LogP contribution in [0.3, 0.4) is 0 Å². The van der Waals surface area contributed by atoms with Crippen LogP contribution in [0.15, 0.2) is 36.4 Å². The molecular weight excluding hydrogens is 249 g/mol. The van der Waals surface area contributed by atoms with Crippen molar-refractivity contribution in [3.8, 4) is 0 Å². The number of benzene rings is 1. The Balaban J connectivity index is 1.83. The molecule has 0 aliphatic carbocycles. The van der Waals surface area contributed by atoms with Crippen molar-refractivity contribution in [3.63, 3.8) is 0 Å². The van der Waals surface area contributed by atoms with Crippen molar-refractivity contribution in [2.24, 2.45) is 0 Å². The number of halogens is 1. The van der Waals surface area contributed by atoms with Gasteiger partial charge in [-0.15, -0.1) is 11.3 Å². The van der Waals surface area contributed by atoms with E-state index in [0.29, 0.717) is 6.54 Å². The summed E-state index contributed by atoms with van der Waals surface area (Å²) in [7, 11) is 0. The number of carbonyl (C=O) groups is 1. The van der Waals surface area contributed by atoms with Crippen LogP contribution in [-0.2, 0) is 17.8 Å². The highest BCUT2D eigenvalue weighted by Gasteiger charge is 2.04. The third kappa shape index (κ3) is 3.67. The molecule has 2 nitrogen and oxygen atoms in total. The van der Waals surface area contributed by atoms with Crippen molar-refractivity contribution in [1.29, 1.82) is 0 Å². The van der Waals surface area contributed by atoms with Crippen LogP contribution in [0, 0.1) is 12.7 Å². The fourth-order valence-electron chi connectivity index (χ4n) is 1.62. The number of rotatable bonds is 4. The summed E-state index contributed by atoms with van der Waals surface area (Å²) in [4.78, 5) is 14.1. The molecule has 0 spiro atoms. The van der Waals surface area contributed by atoms with Gasteiger partial charge in [0.15, 0.2) is 0 Å². The smallest absolute Gasteiger partial charge is 0.224 e. The SMILES string of the molecule is Cc1ccc(CNC(=O)Cc2ccc(F)cc2)s1. The fourth-order valence-corrected chi connectivity index (χ4v) is 2.45. The Morgan fingerprint density at radius 2 is 1.94 bits per heavy atom. The molecule has 0 aliphatic rings. The van der Waals surface area contributed by atoms with Gasteiger partial charge in [0.1, 0.15) is 5.82 Å². The molecule has 0 atom stereocenters. The Morgan fingerprint density at radius 1 is 1.22 bits per heavy atom. The van der Waals surface area contributed by atoms with Gasteiger partial charge in [0, 0.05) is 9.75 Å². The third-order valence-electron chi connectivity index (χ3n) is 2.53. The average Bonchev–Trinajstić information content (AvgIpc) is 2.76. The van der Waals surface area contributed by atoms with E-state index in [9.17, 15) is 9.18 Å². The minimum Gasteiger partial charge on any atom is -0.351 e. The van der Waals surface area contributed by atoms with E-state index in [1.54, 1.807) is 23.5 Å². The van der Waals surface area contributed by atoms with Crippen molar-refractivity contribution >= 4 is 17.2 Å². The third-order valence-corrected chi connectivity index (χ3v) is 3.53. The molecule has 2 aromatic rings. The van der Waals surface area contributed by atoms with Crippen LogP contribution in [-0.4, -0.2) is 5.91 Å². The van der Waals surface area contributed by atoms with E-state index in [1.807, 2.05) is 19.1 Å². The molecule has 0 aliphatic heterocycles. The van der Waals surface area contributed by atoms with E-state index in [1.165, 1.54) is 17.0 Å². The number of carbonyl (C=O) groups excluding carboxylic acids is 1. The van der Waals surface area contributed by atoms with Crippen LogP contribution < -0.4 is 5.32 Å².